The normalized spacial score (nSPS) is 15.9. The molecule has 1 atom stereocenters. The van der Waals surface area contributed by atoms with E-state index in [2.05, 4.69) is 20.4 Å². The second kappa shape index (κ2) is 7.81. The highest BCUT2D eigenvalue weighted by atomic mass is 19.4. The van der Waals surface area contributed by atoms with E-state index in [1.165, 1.54) is 24.4 Å². The van der Waals surface area contributed by atoms with Crippen molar-refractivity contribution in [1.82, 2.24) is 15.6 Å². The SMILES string of the molecule is O=C(NCc1ccnc(OCC(F)(F)F)c1)NC1CCc2ccc(F)cc21. The van der Waals surface area contributed by atoms with E-state index in [1.807, 2.05) is 0 Å². The predicted molar refractivity (Wildman–Crippen MR) is 88.6 cm³/mol. The lowest BCUT2D eigenvalue weighted by Crippen LogP contribution is -2.37. The molecule has 3 rings (SSSR count). The van der Waals surface area contributed by atoms with Crippen LogP contribution < -0.4 is 15.4 Å². The van der Waals surface area contributed by atoms with Crippen molar-refractivity contribution in [2.45, 2.75) is 31.6 Å². The molecule has 1 aliphatic rings. The Morgan fingerprint density at radius 3 is 2.85 bits per heavy atom. The predicted octanol–water partition coefficient (Wildman–Crippen LogP) is 3.65. The quantitative estimate of drug-likeness (QED) is 0.775. The molecule has 5 nitrogen and oxygen atoms in total. The van der Waals surface area contributed by atoms with Gasteiger partial charge in [0, 0.05) is 18.8 Å². The maximum absolute atomic E-state index is 13.4. The molecule has 0 spiro atoms. The molecular weight excluding hydrogens is 366 g/mol. The number of carbonyl (C=O) groups is 1. The fourth-order valence-electron chi connectivity index (χ4n) is 2.91. The first-order chi connectivity index (χ1) is 12.8. The molecule has 0 aliphatic heterocycles. The number of fused-ring (bicyclic) bond motifs is 1. The summed E-state index contributed by atoms with van der Waals surface area (Å²) in [5, 5.41) is 5.40. The standard InChI is InChI=1S/C18H17F4N3O2/c19-13-3-1-12-2-4-15(14(12)8-13)25-17(26)24-9-11-5-6-23-16(7-11)27-10-18(20,21)22/h1,3,5-8,15H,2,4,9-10H2,(H2,24,25,26). The van der Waals surface area contributed by atoms with E-state index in [4.69, 9.17) is 0 Å². The minimum absolute atomic E-state index is 0.0828. The van der Waals surface area contributed by atoms with Crippen LogP contribution in [0.5, 0.6) is 5.88 Å². The van der Waals surface area contributed by atoms with E-state index in [1.54, 1.807) is 12.1 Å². The van der Waals surface area contributed by atoms with Gasteiger partial charge in [0.2, 0.25) is 5.88 Å². The summed E-state index contributed by atoms with van der Waals surface area (Å²) in [6.45, 7) is -1.35. The number of aromatic nitrogens is 1. The highest BCUT2D eigenvalue weighted by molar-refractivity contribution is 5.74. The Bertz CT molecular complexity index is 826. The second-order valence-corrected chi connectivity index (χ2v) is 6.17. The first kappa shape index (κ1) is 18.9. The molecule has 2 amide bonds. The van der Waals surface area contributed by atoms with Crippen molar-refractivity contribution in [2.75, 3.05) is 6.61 Å². The monoisotopic (exact) mass is 383 g/mol. The van der Waals surface area contributed by atoms with Gasteiger partial charge in [-0.15, -0.1) is 0 Å². The van der Waals surface area contributed by atoms with Gasteiger partial charge in [0.05, 0.1) is 6.04 Å². The van der Waals surface area contributed by atoms with Gasteiger partial charge in [-0.2, -0.15) is 13.2 Å². The number of carbonyl (C=O) groups excluding carboxylic acids is 1. The van der Waals surface area contributed by atoms with Crippen LogP contribution in [-0.2, 0) is 13.0 Å². The molecule has 0 saturated carbocycles. The molecule has 0 fully saturated rings. The van der Waals surface area contributed by atoms with Crippen LogP contribution >= 0.6 is 0 Å². The molecule has 0 saturated heterocycles. The number of benzene rings is 1. The fourth-order valence-corrected chi connectivity index (χ4v) is 2.91. The fraction of sp³-hybridized carbons (Fsp3) is 0.333. The Hall–Kier alpha value is -2.84. The van der Waals surface area contributed by atoms with E-state index >= 15 is 0 Å². The summed E-state index contributed by atoms with van der Waals surface area (Å²) in [5.41, 5.74) is 2.30. The Balaban J connectivity index is 1.52. The molecule has 1 aliphatic carbocycles. The lowest BCUT2D eigenvalue weighted by molar-refractivity contribution is -0.154. The lowest BCUT2D eigenvalue weighted by atomic mass is 10.1. The third-order valence-electron chi connectivity index (χ3n) is 4.13. The first-order valence-electron chi connectivity index (χ1n) is 8.27. The molecule has 0 bridgehead atoms. The number of ether oxygens (including phenoxy) is 1. The van der Waals surface area contributed by atoms with Gasteiger partial charge < -0.3 is 15.4 Å². The summed E-state index contributed by atoms with van der Waals surface area (Å²) in [7, 11) is 0. The number of rotatable bonds is 5. The highest BCUT2D eigenvalue weighted by Gasteiger charge is 2.28. The largest absolute Gasteiger partial charge is 0.468 e. The number of aryl methyl sites for hydroxylation is 1. The minimum Gasteiger partial charge on any atom is -0.468 e. The molecule has 1 unspecified atom stereocenters. The number of nitrogens with zero attached hydrogens (tertiary/aromatic N) is 1. The number of pyridine rings is 1. The molecule has 1 aromatic carbocycles. The summed E-state index contributed by atoms with van der Waals surface area (Å²) in [6, 6.07) is 6.67. The van der Waals surface area contributed by atoms with Crippen molar-refractivity contribution in [3.8, 4) is 5.88 Å². The Morgan fingerprint density at radius 2 is 2.07 bits per heavy atom. The number of nitrogens with one attached hydrogen (secondary N) is 2. The van der Waals surface area contributed by atoms with Gasteiger partial charge in [-0.25, -0.2) is 14.2 Å². The van der Waals surface area contributed by atoms with E-state index in [0.717, 1.165) is 17.5 Å². The Kier molecular flexibility index (Phi) is 5.48. The highest BCUT2D eigenvalue weighted by Crippen LogP contribution is 2.31. The maximum Gasteiger partial charge on any atom is 0.422 e. The van der Waals surface area contributed by atoms with Crippen LogP contribution in [0, 0.1) is 5.82 Å². The first-order valence-corrected chi connectivity index (χ1v) is 8.27. The summed E-state index contributed by atoms with van der Waals surface area (Å²) in [4.78, 5) is 15.8. The zero-order chi connectivity index (χ0) is 19.4. The van der Waals surface area contributed by atoms with Gasteiger partial charge in [-0.05, 0) is 47.7 Å². The smallest absolute Gasteiger partial charge is 0.422 e. The number of halogens is 4. The molecule has 144 valence electrons. The van der Waals surface area contributed by atoms with Crippen molar-refractivity contribution < 1.29 is 27.1 Å². The third kappa shape index (κ3) is 5.32. The summed E-state index contributed by atoms with van der Waals surface area (Å²) < 4.78 is 54.5. The van der Waals surface area contributed by atoms with Crippen molar-refractivity contribution in [2.24, 2.45) is 0 Å². The van der Waals surface area contributed by atoms with Crippen LogP contribution in [0.15, 0.2) is 36.5 Å². The van der Waals surface area contributed by atoms with Crippen LogP contribution in [-0.4, -0.2) is 23.8 Å². The zero-order valence-electron chi connectivity index (χ0n) is 14.1. The lowest BCUT2D eigenvalue weighted by Gasteiger charge is -2.15. The molecule has 9 heteroatoms. The van der Waals surface area contributed by atoms with Crippen molar-refractivity contribution in [3.05, 3.63) is 59.0 Å². The third-order valence-corrected chi connectivity index (χ3v) is 4.13. The molecule has 2 aromatic rings. The van der Waals surface area contributed by atoms with Crippen LogP contribution in [0.25, 0.3) is 0 Å². The topological polar surface area (TPSA) is 63.2 Å². The molecule has 1 heterocycles. The number of hydrogen-bond acceptors (Lipinski definition) is 3. The number of alkyl halides is 3. The van der Waals surface area contributed by atoms with Crippen LogP contribution in [0.4, 0.5) is 22.4 Å². The van der Waals surface area contributed by atoms with Crippen molar-refractivity contribution in [3.63, 3.8) is 0 Å². The van der Waals surface area contributed by atoms with Gasteiger partial charge >= 0.3 is 12.2 Å². The second-order valence-electron chi connectivity index (χ2n) is 6.17. The van der Waals surface area contributed by atoms with Gasteiger partial charge in [-0.1, -0.05) is 6.07 Å². The number of urea groups is 1. The summed E-state index contributed by atoms with van der Waals surface area (Å²) in [6.07, 6.45) is -1.72. The average Bonchev–Trinajstić information content (AvgIpc) is 3.00. The van der Waals surface area contributed by atoms with E-state index in [9.17, 15) is 22.4 Å². The summed E-state index contributed by atoms with van der Waals surface area (Å²) >= 11 is 0. The van der Waals surface area contributed by atoms with Gasteiger partial charge in [-0.3, -0.25) is 0 Å². The molecule has 0 radical (unpaired) electrons. The molecule has 1 aromatic heterocycles. The Morgan fingerprint density at radius 1 is 1.26 bits per heavy atom. The van der Waals surface area contributed by atoms with Gasteiger partial charge in [0.1, 0.15) is 5.82 Å². The number of amides is 2. The van der Waals surface area contributed by atoms with Crippen molar-refractivity contribution in [1.29, 1.82) is 0 Å². The Labute approximate surface area is 152 Å². The van der Waals surface area contributed by atoms with Crippen molar-refractivity contribution >= 4 is 6.03 Å². The average molecular weight is 383 g/mol. The van der Waals surface area contributed by atoms with Crippen LogP contribution in [0.1, 0.15) is 29.2 Å². The maximum atomic E-state index is 13.4. The van der Waals surface area contributed by atoms with Gasteiger partial charge in [0.25, 0.3) is 0 Å². The molecule has 2 N–H and O–H groups in total. The van der Waals surface area contributed by atoms with E-state index in [0.29, 0.717) is 12.0 Å². The van der Waals surface area contributed by atoms with Crippen LogP contribution in [0.2, 0.25) is 0 Å². The molecular formula is C18H17F4N3O2. The summed E-state index contributed by atoms with van der Waals surface area (Å²) in [5.74, 6) is -0.529. The number of hydrogen-bond donors (Lipinski definition) is 2. The van der Waals surface area contributed by atoms with E-state index in [-0.39, 0.29) is 24.3 Å². The van der Waals surface area contributed by atoms with Crippen LogP contribution in [0.3, 0.4) is 0 Å². The molecule has 27 heavy (non-hydrogen) atoms. The van der Waals surface area contributed by atoms with E-state index < -0.39 is 18.8 Å². The zero-order valence-corrected chi connectivity index (χ0v) is 14.1. The van der Waals surface area contributed by atoms with Gasteiger partial charge in [0.15, 0.2) is 6.61 Å². The minimum atomic E-state index is -4.45.